The van der Waals surface area contributed by atoms with E-state index in [0.717, 1.165) is 55.6 Å². The average molecular weight is 657 g/mol. The van der Waals surface area contributed by atoms with Gasteiger partial charge >= 0.3 is 0 Å². The van der Waals surface area contributed by atoms with Crippen LogP contribution in [0.4, 0.5) is 0 Å². The molecule has 0 bridgehead atoms. The Hall–Kier alpha value is -6.36. The van der Waals surface area contributed by atoms with Crippen LogP contribution in [0.25, 0.3) is 98.3 Å². The van der Waals surface area contributed by atoms with Gasteiger partial charge in [-0.2, -0.15) is 0 Å². The quantitative estimate of drug-likeness (QED) is 0.185. The molecule has 0 atom stereocenters. The van der Waals surface area contributed by atoms with Crippen LogP contribution in [-0.2, 0) is 0 Å². The molecule has 3 aromatic heterocycles. The van der Waals surface area contributed by atoms with Crippen molar-refractivity contribution in [2.75, 3.05) is 0 Å². The monoisotopic (exact) mass is 656 g/mol. The van der Waals surface area contributed by atoms with Crippen LogP contribution in [0.3, 0.4) is 0 Å². The second kappa shape index (κ2) is 11.7. The van der Waals surface area contributed by atoms with Gasteiger partial charge in [0.05, 0.1) is 11.4 Å². The fourth-order valence-electron chi connectivity index (χ4n) is 7.02. The van der Waals surface area contributed by atoms with Crippen LogP contribution in [0.2, 0.25) is 0 Å². The summed E-state index contributed by atoms with van der Waals surface area (Å²) in [6.45, 7) is 0. The van der Waals surface area contributed by atoms with Crippen LogP contribution >= 0.6 is 11.3 Å². The summed E-state index contributed by atoms with van der Waals surface area (Å²) in [6, 6.07) is 59.7. The maximum absolute atomic E-state index is 6.27. The summed E-state index contributed by atoms with van der Waals surface area (Å²) in [7, 11) is 0. The number of hydrogen-bond acceptors (Lipinski definition) is 4. The summed E-state index contributed by atoms with van der Waals surface area (Å²) in [5.74, 6) is 0.656. The van der Waals surface area contributed by atoms with Gasteiger partial charge < -0.3 is 4.42 Å². The first-order chi connectivity index (χ1) is 24.7. The van der Waals surface area contributed by atoms with Gasteiger partial charge in [0, 0.05) is 47.6 Å². The summed E-state index contributed by atoms with van der Waals surface area (Å²) >= 11 is 1.85. The molecule has 0 spiro atoms. The van der Waals surface area contributed by atoms with Gasteiger partial charge in [0.15, 0.2) is 5.82 Å². The molecule has 4 heteroatoms. The molecule has 234 valence electrons. The number of thiophene rings is 1. The Bertz CT molecular complexity index is 2870. The molecule has 0 aliphatic carbocycles. The third-order valence-corrected chi connectivity index (χ3v) is 10.7. The van der Waals surface area contributed by atoms with Crippen molar-refractivity contribution in [1.29, 1.82) is 0 Å². The lowest BCUT2D eigenvalue weighted by Gasteiger charge is -2.11. The van der Waals surface area contributed by atoms with E-state index >= 15 is 0 Å². The van der Waals surface area contributed by atoms with Gasteiger partial charge in [-0.15, -0.1) is 11.3 Å². The molecular formula is C46H28N2OS. The van der Waals surface area contributed by atoms with Gasteiger partial charge in [0.1, 0.15) is 11.2 Å². The molecule has 10 aromatic rings. The number of nitrogens with zero attached hydrogens (tertiary/aromatic N) is 2. The predicted molar refractivity (Wildman–Crippen MR) is 209 cm³/mol. The Balaban J connectivity index is 1.12. The minimum atomic E-state index is 0.656. The van der Waals surface area contributed by atoms with Gasteiger partial charge in [0.25, 0.3) is 0 Å². The van der Waals surface area contributed by atoms with E-state index in [1.165, 1.54) is 36.9 Å². The van der Waals surface area contributed by atoms with Crippen molar-refractivity contribution in [3.63, 3.8) is 0 Å². The smallest absolute Gasteiger partial charge is 0.160 e. The fraction of sp³-hybridized carbons (Fsp3) is 0. The number of rotatable bonds is 5. The Labute approximate surface area is 292 Å². The molecule has 0 aliphatic heterocycles. The molecule has 0 saturated carbocycles. The van der Waals surface area contributed by atoms with Crippen LogP contribution in [0.15, 0.2) is 174 Å². The number of aromatic nitrogens is 2. The zero-order chi connectivity index (χ0) is 33.0. The van der Waals surface area contributed by atoms with Gasteiger partial charge in [-0.1, -0.05) is 133 Å². The molecule has 3 heterocycles. The van der Waals surface area contributed by atoms with E-state index in [-0.39, 0.29) is 0 Å². The van der Waals surface area contributed by atoms with E-state index in [4.69, 9.17) is 14.4 Å². The molecule has 0 fully saturated rings. The van der Waals surface area contributed by atoms with E-state index in [9.17, 15) is 0 Å². The van der Waals surface area contributed by atoms with Crippen LogP contribution in [0.5, 0.6) is 0 Å². The Morgan fingerprint density at radius 1 is 0.380 bits per heavy atom. The summed E-state index contributed by atoms with van der Waals surface area (Å²) in [4.78, 5) is 10.4. The van der Waals surface area contributed by atoms with E-state index in [2.05, 4.69) is 146 Å². The van der Waals surface area contributed by atoms with Gasteiger partial charge in [-0.25, -0.2) is 9.97 Å². The molecule has 10 rings (SSSR count). The van der Waals surface area contributed by atoms with Crippen molar-refractivity contribution >= 4 is 53.4 Å². The van der Waals surface area contributed by atoms with Crippen molar-refractivity contribution in [1.82, 2.24) is 9.97 Å². The first-order valence-corrected chi connectivity index (χ1v) is 17.5. The van der Waals surface area contributed by atoms with E-state index in [1.54, 1.807) is 0 Å². The molecule has 0 unspecified atom stereocenters. The Morgan fingerprint density at radius 3 is 1.88 bits per heavy atom. The lowest BCUT2D eigenvalue weighted by Crippen LogP contribution is -1.96. The zero-order valence-electron chi connectivity index (χ0n) is 26.9. The van der Waals surface area contributed by atoms with E-state index in [1.807, 2.05) is 35.6 Å². The average Bonchev–Trinajstić information content (AvgIpc) is 3.76. The zero-order valence-corrected chi connectivity index (χ0v) is 27.7. The van der Waals surface area contributed by atoms with Gasteiger partial charge in [-0.05, 0) is 58.7 Å². The number of benzene rings is 7. The first kappa shape index (κ1) is 28.6. The second-order valence-corrected chi connectivity index (χ2v) is 13.6. The maximum Gasteiger partial charge on any atom is 0.160 e. The predicted octanol–water partition coefficient (Wildman–Crippen LogP) is 13.1. The summed E-state index contributed by atoms with van der Waals surface area (Å²) in [6.07, 6.45) is 0. The fourth-order valence-corrected chi connectivity index (χ4v) is 8.26. The SMILES string of the molecule is c1ccc(-c2ccc(-c3cc(-c4cccc(-c5cccc6c5sc5ccccc56)c4)nc(-c4ccc5c(c4)oc4ccccc45)n3)cc2)cc1. The highest BCUT2D eigenvalue weighted by Crippen LogP contribution is 2.41. The lowest BCUT2D eigenvalue weighted by molar-refractivity contribution is 0.669. The van der Waals surface area contributed by atoms with Crippen LogP contribution < -0.4 is 0 Å². The second-order valence-electron chi connectivity index (χ2n) is 12.6. The molecule has 0 radical (unpaired) electrons. The molecule has 50 heavy (non-hydrogen) atoms. The van der Waals surface area contributed by atoms with Crippen molar-refractivity contribution in [3.8, 4) is 56.2 Å². The number of furan rings is 1. The molecule has 0 amide bonds. The molecule has 0 N–H and O–H groups in total. The van der Waals surface area contributed by atoms with E-state index in [0.29, 0.717) is 5.82 Å². The Kier molecular flexibility index (Phi) is 6.68. The normalized spacial score (nSPS) is 11.6. The van der Waals surface area contributed by atoms with Crippen molar-refractivity contribution in [3.05, 3.63) is 170 Å². The first-order valence-electron chi connectivity index (χ1n) is 16.7. The Morgan fingerprint density at radius 2 is 1.00 bits per heavy atom. The highest BCUT2D eigenvalue weighted by atomic mass is 32.1. The largest absolute Gasteiger partial charge is 0.456 e. The summed E-state index contributed by atoms with van der Waals surface area (Å²) in [5.41, 5.74) is 11.2. The van der Waals surface area contributed by atoms with E-state index < -0.39 is 0 Å². The number of para-hydroxylation sites is 1. The molecular weight excluding hydrogens is 629 g/mol. The molecule has 3 nitrogen and oxygen atoms in total. The minimum Gasteiger partial charge on any atom is -0.456 e. The van der Waals surface area contributed by atoms with Crippen molar-refractivity contribution in [2.45, 2.75) is 0 Å². The lowest BCUT2D eigenvalue weighted by atomic mass is 9.98. The van der Waals surface area contributed by atoms with Crippen molar-refractivity contribution in [2.24, 2.45) is 0 Å². The third-order valence-electron chi connectivity index (χ3n) is 9.52. The minimum absolute atomic E-state index is 0.656. The highest BCUT2D eigenvalue weighted by molar-refractivity contribution is 7.26. The molecule has 7 aromatic carbocycles. The topological polar surface area (TPSA) is 38.9 Å². The maximum atomic E-state index is 6.27. The third kappa shape index (κ3) is 4.89. The molecule has 0 aliphatic rings. The number of fused-ring (bicyclic) bond motifs is 6. The number of hydrogen-bond donors (Lipinski definition) is 0. The highest BCUT2D eigenvalue weighted by Gasteiger charge is 2.16. The standard InChI is InChI=1S/C46H28N2OS/c1-2-10-29(11-3-1)30-20-22-31(23-21-30)40-28-41(48-46(47-40)34-24-25-37-36-14-4-6-18-42(36)49-43(37)27-34)33-13-8-12-32(26-33)35-16-9-17-39-38-15-5-7-19-44(38)50-45(35)39/h1-28H. The summed E-state index contributed by atoms with van der Waals surface area (Å²) < 4.78 is 8.87. The van der Waals surface area contributed by atoms with Crippen LogP contribution in [0.1, 0.15) is 0 Å². The van der Waals surface area contributed by atoms with Crippen LogP contribution in [0, 0.1) is 0 Å². The van der Waals surface area contributed by atoms with Gasteiger partial charge in [0.2, 0.25) is 0 Å². The van der Waals surface area contributed by atoms with Gasteiger partial charge in [-0.3, -0.25) is 0 Å². The van der Waals surface area contributed by atoms with Crippen LogP contribution in [-0.4, -0.2) is 9.97 Å². The summed E-state index contributed by atoms with van der Waals surface area (Å²) in [5, 5.41) is 4.78. The molecule has 0 saturated heterocycles. The van der Waals surface area contributed by atoms with Crippen molar-refractivity contribution < 1.29 is 4.42 Å².